The number of H-pyrrole nitrogens is 2. The van der Waals surface area contributed by atoms with Gasteiger partial charge in [0.05, 0.1) is 28.3 Å². The monoisotopic (exact) mass is 447 g/mol. The number of imidazole rings is 1. The van der Waals surface area contributed by atoms with E-state index in [1.807, 2.05) is 36.9 Å². The van der Waals surface area contributed by atoms with Crippen molar-refractivity contribution < 1.29 is 0 Å². The van der Waals surface area contributed by atoms with Crippen LogP contribution in [0.15, 0.2) is 67.6 Å². The Hall–Kier alpha value is -4.66. The number of pyridine rings is 4. The van der Waals surface area contributed by atoms with Crippen molar-refractivity contribution in [2.24, 2.45) is 0 Å². The van der Waals surface area contributed by atoms with Crippen LogP contribution in [0.5, 0.6) is 0 Å². The number of rotatable bonds is 5. The van der Waals surface area contributed by atoms with E-state index in [4.69, 9.17) is 4.98 Å². The summed E-state index contributed by atoms with van der Waals surface area (Å²) in [6, 6.07) is 8.34. The van der Waals surface area contributed by atoms with Gasteiger partial charge >= 0.3 is 0 Å². The van der Waals surface area contributed by atoms with Gasteiger partial charge in [0.2, 0.25) is 0 Å². The maximum absolute atomic E-state index is 4.88. The highest BCUT2D eigenvalue weighted by atomic mass is 15.2. The van der Waals surface area contributed by atoms with Crippen LogP contribution in [0, 0.1) is 0 Å². The lowest BCUT2D eigenvalue weighted by molar-refractivity contribution is 0.898. The number of aromatic amines is 2. The Kier molecular flexibility index (Phi) is 4.72. The SMILES string of the molecule is CC(C)Nc1cncc(-c2cnc3[nH]nc(-c4nc5c(-c6ccncc6)cncc5[nH]4)c3c2)c1. The van der Waals surface area contributed by atoms with E-state index in [-0.39, 0.29) is 0 Å². The largest absolute Gasteiger partial charge is 0.382 e. The fourth-order valence-electron chi connectivity index (χ4n) is 4.04. The summed E-state index contributed by atoms with van der Waals surface area (Å²) in [6.45, 7) is 4.20. The van der Waals surface area contributed by atoms with Crippen molar-refractivity contribution >= 4 is 27.8 Å². The standard InChI is InChI=1S/C25H21N9/c1-14(2)30-18-7-16(9-27-11-18)17-8-19-23(33-34-24(19)29-10-17)25-31-21-13-28-12-20(22(21)32-25)15-3-5-26-6-4-15/h3-14,30H,1-2H3,(H,31,32)(H,29,33,34). The second-order valence-electron chi connectivity index (χ2n) is 8.36. The first kappa shape index (κ1) is 20.0. The van der Waals surface area contributed by atoms with Crippen molar-refractivity contribution in [2.75, 3.05) is 5.32 Å². The summed E-state index contributed by atoms with van der Waals surface area (Å²) in [4.78, 5) is 25.7. The van der Waals surface area contributed by atoms with Gasteiger partial charge in [0.1, 0.15) is 5.69 Å². The van der Waals surface area contributed by atoms with Crippen LogP contribution in [0.2, 0.25) is 0 Å². The van der Waals surface area contributed by atoms with Crippen LogP contribution < -0.4 is 5.32 Å². The molecule has 0 spiro atoms. The third-order valence-corrected chi connectivity index (χ3v) is 5.55. The number of aromatic nitrogens is 8. The molecule has 0 radical (unpaired) electrons. The van der Waals surface area contributed by atoms with Gasteiger partial charge in [0.15, 0.2) is 11.5 Å². The molecule has 0 unspecified atom stereocenters. The zero-order valence-electron chi connectivity index (χ0n) is 18.6. The third kappa shape index (κ3) is 3.53. The number of hydrogen-bond donors (Lipinski definition) is 3. The molecule has 166 valence electrons. The molecule has 0 aliphatic rings. The average molecular weight is 448 g/mol. The maximum Gasteiger partial charge on any atom is 0.159 e. The van der Waals surface area contributed by atoms with E-state index in [1.54, 1.807) is 18.6 Å². The van der Waals surface area contributed by atoms with Crippen LogP contribution in [0.25, 0.3) is 55.8 Å². The molecule has 3 N–H and O–H groups in total. The first-order valence-electron chi connectivity index (χ1n) is 11.0. The molecule has 6 aromatic heterocycles. The molecule has 9 heteroatoms. The van der Waals surface area contributed by atoms with E-state index < -0.39 is 0 Å². The molecule has 6 rings (SSSR count). The molecule has 6 aromatic rings. The molecule has 0 atom stereocenters. The van der Waals surface area contributed by atoms with Crippen LogP contribution in [-0.2, 0) is 0 Å². The molecule has 0 amide bonds. The highest BCUT2D eigenvalue weighted by Gasteiger charge is 2.17. The van der Waals surface area contributed by atoms with Crippen molar-refractivity contribution in [2.45, 2.75) is 19.9 Å². The van der Waals surface area contributed by atoms with Gasteiger partial charge in [-0.3, -0.25) is 20.1 Å². The second-order valence-corrected chi connectivity index (χ2v) is 8.36. The minimum absolute atomic E-state index is 0.317. The molecule has 0 aromatic carbocycles. The fourth-order valence-corrected chi connectivity index (χ4v) is 4.04. The lowest BCUT2D eigenvalue weighted by atomic mass is 10.1. The topological polar surface area (TPSA) is 121 Å². The van der Waals surface area contributed by atoms with Gasteiger partial charge in [-0.05, 0) is 43.7 Å². The minimum Gasteiger partial charge on any atom is -0.382 e. The molecule has 9 nitrogen and oxygen atoms in total. The Morgan fingerprint density at radius 3 is 2.53 bits per heavy atom. The lowest BCUT2D eigenvalue weighted by Crippen LogP contribution is -2.09. The van der Waals surface area contributed by atoms with Crippen LogP contribution >= 0.6 is 0 Å². The molecule has 0 saturated carbocycles. The Balaban J connectivity index is 1.45. The summed E-state index contributed by atoms with van der Waals surface area (Å²) >= 11 is 0. The van der Waals surface area contributed by atoms with Gasteiger partial charge < -0.3 is 10.3 Å². The number of anilines is 1. The molecular weight excluding hydrogens is 426 g/mol. The molecule has 0 bridgehead atoms. The molecule has 0 fully saturated rings. The fraction of sp³-hybridized carbons (Fsp3) is 0.120. The van der Waals surface area contributed by atoms with Crippen LogP contribution in [0.1, 0.15) is 13.8 Å². The summed E-state index contributed by atoms with van der Waals surface area (Å²) in [5.74, 6) is 0.650. The quantitative estimate of drug-likeness (QED) is 0.346. The van der Waals surface area contributed by atoms with Gasteiger partial charge in [-0.25, -0.2) is 9.97 Å². The van der Waals surface area contributed by atoms with E-state index in [1.165, 1.54) is 0 Å². The Bertz CT molecular complexity index is 1620. The smallest absolute Gasteiger partial charge is 0.159 e. The van der Waals surface area contributed by atoms with Crippen molar-refractivity contribution in [1.29, 1.82) is 0 Å². The molecule has 0 aliphatic carbocycles. The van der Waals surface area contributed by atoms with Crippen molar-refractivity contribution in [3.05, 3.63) is 67.6 Å². The second kappa shape index (κ2) is 8.04. The first-order chi connectivity index (χ1) is 16.7. The highest BCUT2D eigenvalue weighted by Crippen LogP contribution is 2.32. The Morgan fingerprint density at radius 2 is 1.68 bits per heavy atom. The predicted octanol–water partition coefficient (Wildman–Crippen LogP) is 4.84. The van der Waals surface area contributed by atoms with Gasteiger partial charge in [-0.15, -0.1) is 0 Å². The van der Waals surface area contributed by atoms with E-state index in [0.29, 0.717) is 23.2 Å². The van der Waals surface area contributed by atoms with E-state index >= 15 is 0 Å². The van der Waals surface area contributed by atoms with E-state index in [9.17, 15) is 0 Å². The summed E-state index contributed by atoms with van der Waals surface area (Å²) in [5.41, 5.74) is 7.88. The number of nitrogens with zero attached hydrogens (tertiary/aromatic N) is 6. The summed E-state index contributed by atoms with van der Waals surface area (Å²) in [6.07, 6.45) is 12.6. The summed E-state index contributed by atoms with van der Waals surface area (Å²) in [7, 11) is 0. The van der Waals surface area contributed by atoms with Gasteiger partial charge in [0, 0.05) is 59.9 Å². The zero-order valence-corrected chi connectivity index (χ0v) is 18.6. The van der Waals surface area contributed by atoms with Gasteiger partial charge in [-0.2, -0.15) is 5.10 Å². The number of nitrogens with one attached hydrogen (secondary N) is 3. The average Bonchev–Trinajstić information content (AvgIpc) is 3.48. The van der Waals surface area contributed by atoms with E-state index in [0.717, 1.165) is 44.4 Å². The highest BCUT2D eigenvalue weighted by molar-refractivity contribution is 5.96. The normalized spacial score (nSPS) is 11.5. The van der Waals surface area contributed by atoms with Gasteiger partial charge in [0.25, 0.3) is 0 Å². The zero-order chi connectivity index (χ0) is 23.1. The van der Waals surface area contributed by atoms with Crippen molar-refractivity contribution in [3.63, 3.8) is 0 Å². The lowest BCUT2D eigenvalue weighted by Gasteiger charge is -2.10. The predicted molar refractivity (Wildman–Crippen MR) is 132 cm³/mol. The first-order valence-corrected chi connectivity index (χ1v) is 11.0. The summed E-state index contributed by atoms with van der Waals surface area (Å²) < 4.78 is 0. The Morgan fingerprint density at radius 1 is 0.853 bits per heavy atom. The van der Waals surface area contributed by atoms with Crippen LogP contribution in [0.3, 0.4) is 0 Å². The van der Waals surface area contributed by atoms with Gasteiger partial charge in [-0.1, -0.05) is 0 Å². The molecule has 6 heterocycles. The van der Waals surface area contributed by atoms with Crippen LogP contribution in [-0.4, -0.2) is 46.1 Å². The van der Waals surface area contributed by atoms with Crippen molar-refractivity contribution in [1.82, 2.24) is 40.1 Å². The summed E-state index contributed by atoms with van der Waals surface area (Å²) in [5, 5.41) is 11.8. The molecule has 34 heavy (non-hydrogen) atoms. The van der Waals surface area contributed by atoms with E-state index in [2.05, 4.69) is 66.4 Å². The van der Waals surface area contributed by atoms with Crippen molar-refractivity contribution in [3.8, 4) is 33.8 Å². The molecule has 0 saturated heterocycles. The minimum atomic E-state index is 0.317. The maximum atomic E-state index is 4.88. The molecular formula is C25H21N9. The third-order valence-electron chi connectivity index (χ3n) is 5.55. The van der Waals surface area contributed by atoms with Crippen LogP contribution in [0.4, 0.5) is 5.69 Å². The molecule has 0 aliphatic heterocycles. The Labute approximate surface area is 194 Å². The number of fused-ring (bicyclic) bond motifs is 2. The number of hydrogen-bond acceptors (Lipinski definition) is 7.